The van der Waals surface area contributed by atoms with Crippen molar-refractivity contribution in [2.45, 2.75) is 46.6 Å². The molecule has 112 valence electrons. The molecule has 1 aromatic heterocycles. The van der Waals surface area contributed by atoms with E-state index in [9.17, 15) is 0 Å². The van der Waals surface area contributed by atoms with Crippen LogP contribution >= 0.6 is 0 Å². The molecule has 1 unspecified atom stereocenters. The normalized spacial score (nSPS) is 20.8. The summed E-state index contributed by atoms with van der Waals surface area (Å²) in [5, 5.41) is 3.10. The second kappa shape index (κ2) is 6.53. The SMILES string of the molecule is CNCc1cnc(N2CCCC(C(C)(C)C)CC2)cn1. The van der Waals surface area contributed by atoms with E-state index in [0.717, 1.165) is 37.1 Å². The number of aromatic nitrogens is 2. The lowest BCUT2D eigenvalue weighted by molar-refractivity contribution is 0.220. The maximum absolute atomic E-state index is 4.57. The van der Waals surface area contributed by atoms with Gasteiger partial charge in [-0.05, 0) is 37.6 Å². The maximum atomic E-state index is 4.57. The lowest BCUT2D eigenvalue weighted by Crippen LogP contribution is -2.27. The van der Waals surface area contributed by atoms with Gasteiger partial charge in [0.1, 0.15) is 5.82 Å². The third-order valence-corrected chi connectivity index (χ3v) is 4.33. The van der Waals surface area contributed by atoms with E-state index >= 15 is 0 Å². The molecule has 1 aliphatic heterocycles. The zero-order valence-electron chi connectivity index (χ0n) is 13.3. The van der Waals surface area contributed by atoms with Gasteiger partial charge in [-0.25, -0.2) is 4.98 Å². The predicted molar refractivity (Wildman–Crippen MR) is 83.8 cm³/mol. The topological polar surface area (TPSA) is 41.1 Å². The van der Waals surface area contributed by atoms with Gasteiger partial charge in [-0.2, -0.15) is 0 Å². The fourth-order valence-corrected chi connectivity index (χ4v) is 2.98. The molecule has 0 aliphatic carbocycles. The number of rotatable bonds is 3. The maximum Gasteiger partial charge on any atom is 0.147 e. The Morgan fingerprint density at radius 3 is 2.60 bits per heavy atom. The zero-order chi connectivity index (χ0) is 14.6. The van der Waals surface area contributed by atoms with Gasteiger partial charge in [-0.1, -0.05) is 20.8 Å². The van der Waals surface area contributed by atoms with E-state index in [-0.39, 0.29) is 0 Å². The van der Waals surface area contributed by atoms with E-state index < -0.39 is 0 Å². The van der Waals surface area contributed by atoms with Crippen molar-refractivity contribution >= 4 is 5.82 Å². The minimum atomic E-state index is 0.415. The van der Waals surface area contributed by atoms with E-state index in [1.165, 1.54) is 19.3 Å². The molecule has 4 nitrogen and oxygen atoms in total. The summed E-state index contributed by atoms with van der Waals surface area (Å²) in [4.78, 5) is 11.4. The van der Waals surface area contributed by atoms with Crippen LogP contribution in [-0.2, 0) is 6.54 Å². The Kier molecular flexibility index (Phi) is 4.97. The molecule has 0 saturated carbocycles. The third kappa shape index (κ3) is 3.92. The fourth-order valence-electron chi connectivity index (χ4n) is 2.98. The quantitative estimate of drug-likeness (QED) is 0.921. The van der Waals surface area contributed by atoms with Crippen molar-refractivity contribution in [1.29, 1.82) is 0 Å². The van der Waals surface area contributed by atoms with Crippen molar-refractivity contribution in [1.82, 2.24) is 15.3 Å². The van der Waals surface area contributed by atoms with Gasteiger partial charge in [-0.3, -0.25) is 4.98 Å². The third-order valence-electron chi connectivity index (χ3n) is 4.33. The number of hydrogen-bond donors (Lipinski definition) is 1. The van der Waals surface area contributed by atoms with Crippen LogP contribution < -0.4 is 10.2 Å². The van der Waals surface area contributed by atoms with Crippen LogP contribution in [0.25, 0.3) is 0 Å². The smallest absolute Gasteiger partial charge is 0.147 e. The Balaban J connectivity index is 1.99. The van der Waals surface area contributed by atoms with Crippen LogP contribution in [0.5, 0.6) is 0 Å². The number of anilines is 1. The Labute approximate surface area is 123 Å². The van der Waals surface area contributed by atoms with Crippen LogP contribution in [0.15, 0.2) is 12.4 Å². The van der Waals surface area contributed by atoms with Gasteiger partial charge in [-0.15, -0.1) is 0 Å². The summed E-state index contributed by atoms with van der Waals surface area (Å²) >= 11 is 0. The highest BCUT2D eigenvalue weighted by Crippen LogP contribution is 2.34. The molecule has 2 heterocycles. The first-order valence-electron chi connectivity index (χ1n) is 7.71. The summed E-state index contributed by atoms with van der Waals surface area (Å²) < 4.78 is 0. The van der Waals surface area contributed by atoms with E-state index in [4.69, 9.17) is 0 Å². The summed E-state index contributed by atoms with van der Waals surface area (Å²) in [7, 11) is 1.93. The Morgan fingerprint density at radius 1 is 1.20 bits per heavy atom. The van der Waals surface area contributed by atoms with Crippen LogP contribution in [0.2, 0.25) is 0 Å². The highest BCUT2D eigenvalue weighted by Gasteiger charge is 2.27. The molecule has 1 fully saturated rings. The summed E-state index contributed by atoms with van der Waals surface area (Å²) in [6, 6.07) is 0. The second-order valence-electron chi connectivity index (χ2n) is 6.88. The highest BCUT2D eigenvalue weighted by atomic mass is 15.2. The molecular weight excluding hydrogens is 248 g/mol. The molecule has 2 rings (SSSR count). The van der Waals surface area contributed by atoms with E-state index in [2.05, 4.69) is 41.0 Å². The average Bonchev–Trinajstić information content (AvgIpc) is 2.65. The predicted octanol–water partition coefficient (Wildman–Crippen LogP) is 2.85. The number of nitrogens with zero attached hydrogens (tertiary/aromatic N) is 3. The Hall–Kier alpha value is -1.16. The van der Waals surface area contributed by atoms with E-state index in [1.807, 2.05) is 19.4 Å². The molecule has 0 bridgehead atoms. The minimum absolute atomic E-state index is 0.415. The molecule has 0 amide bonds. The van der Waals surface area contributed by atoms with E-state index in [1.54, 1.807) is 0 Å². The monoisotopic (exact) mass is 276 g/mol. The summed E-state index contributed by atoms with van der Waals surface area (Å²) in [5.41, 5.74) is 1.41. The van der Waals surface area contributed by atoms with Crippen LogP contribution in [0, 0.1) is 11.3 Å². The molecule has 4 heteroatoms. The standard InChI is InChI=1S/C16H28N4/c1-16(2,3)13-6-5-8-20(9-7-13)15-12-18-14(10-17-4)11-19-15/h11-13,17H,5-10H2,1-4H3. The van der Waals surface area contributed by atoms with Crippen molar-refractivity contribution < 1.29 is 0 Å². The van der Waals surface area contributed by atoms with Gasteiger partial charge < -0.3 is 10.2 Å². The number of hydrogen-bond acceptors (Lipinski definition) is 4. The molecule has 0 radical (unpaired) electrons. The molecule has 20 heavy (non-hydrogen) atoms. The zero-order valence-corrected chi connectivity index (χ0v) is 13.3. The van der Waals surface area contributed by atoms with Crippen LogP contribution in [0.1, 0.15) is 45.7 Å². The fraction of sp³-hybridized carbons (Fsp3) is 0.750. The molecule has 0 spiro atoms. The second-order valence-corrected chi connectivity index (χ2v) is 6.88. The van der Waals surface area contributed by atoms with Gasteiger partial charge in [0.2, 0.25) is 0 Å². The Morgan fingerprint density at radius 2 is 2.00 bits per heavy atom. The first-order chi connectivity index (χ1) is 9.50. The van der Waals surface area contributed by atoms with Gasteiger partial charge in [0, 0.05) is 19.6 Å². The lowest BCUT2D eigenvalue weighted by atomic mass is 9.77. The average molecular weight is 276 g/mol. The summed E-state index contributed by atoms with van der Waals surface area (Å²) in [6.45, 7) is 10.1. The first-order valence-corrected chi connectivity index (χ1v) is 7.71. The lowest BCUT2D eigenvalue weighted by Gasteiger charge is -2.29. The summed E-state index contributed by atoms with van der Waals surface area (Å²) in [5.74, 6) is 1.84. The molecule has 1 atom stereocenters. The molecule has 1 aliphatic rings. The molecular formula is C16H28N4. The van der Waals surface area contributed by atoms with Crippen molar-refractivity contribution in [3.8, 4) is 0 Å². The van der Waals surface area contributed by atoms with Crippen molar-refractivity contribution in [3.63, 3.8) is 0 Å². The largest absolute Gasteiger partial charge is 0.355 e. The van der Waals surface area contributed by atoms with Gasteiger partial charge in [0.15, 0.2) is 0 Å². The molecule has 1 saturated heterocycles. The van der Waals surface area contributed by atoms with Gasteiger partial charge >= 0.3 is 0 Å². The van der Waals surface area contributed by atoms with Crippen LogP contribution in [0.4, 0.5) is 5.82 Å². The van der Waals surface area contributed by atoms with Crippen molar-refractivity contribution in [2.75, 3.05) is 25.0 Å². The van der Waals surface area contributed by atoms with Gasteiger partial charge in [0.05, 0.1) is 18.1 Å². The first kappa shape index (κ1) is 15.2. The summed E-state index contributed by atoms with van der Waals surface area (Å²) in [6.07, 6.45) is 7.64. The number of nitrogens with one attached hydrogen (secondary N) is 1. The van der Waals surface area contributed by atoms with Crippen LogP contribution in [-0.4, -0.2) is 30.1 Å². The molecule has 0 aromatic carbocycles. The van der Waals surface area contributed by atoms with Crippen LogP contribution in [0.3, 0.4) is 0 Å². The molecule has 1 N–H and O–H groups in total. The van der Waals surface area contributed by atoms with Crippen molar-refractivity contribution in [2.24, 2.45) is 11.3 Å². The van der Waals surface area contributed by atoms with Crippen molar-refractivity contribution in [3.05, 3.63) is 18.1 Å². The Bertz CT molecular complexity index is 407. The van der Waals surface area contributed by atoms with E-state index in [0.29, 0.717) is 5.41 Å². The molecule has 1 aromatic rings. The van der Waals surface area contributed by atoms with Gasteiger partial charge in [0.25, 0.3) is 0 Å². The minimum Gasteiger partial charge on any atom is -0.355 e. The highest BCUT2D eigenvalue weighted by molar-refractivity contribution is 5.35.